The Balaban J connectivity index is 1.82. The molecular formula is C14H24N4O2S. The van der Waals surface area contributed by atoms with E-state index < -0.39 is 0 Å². The third-order valence-corrected chi connectivity index (χ3v) is 4.97. The maximum absolute atomic E-state index is 12.2. The smallest absolute Gasteiger partial charge is 0.323 e. The molecule has 0 aromatic carbocycles. The summed E-state index contributed by atoms with van der Waals surface area (Å²) in [5.41, 5.74) is 0. The zero-order valence-electron chi connectivity index (χ0n) is 12.7. The molecule has 6 nitrogen and oxygen atoms in total. The summed E-state index contributed by atoms with van der Waals surface area (Å²) in [7, 11) is 0. The number of carbonyl (C=O) groups excluding carboxylic acids is 1. The summed E-state index contributed by atoms with van der Waals surface area (Å²) in [4.78, 5) is 21.6. The van der Waals surface area contributed by atoms with Crippen molar-refractivity contribution in [3.8, 4) is 0 Å². The molecule has 1 fully saturated rings. The summed E-state index contributed by atoms with van der Waals surface area (Å²) in [6.07, 6.45) is 3.68. The third-order valence-electron chi connectivity index (χ3n) is 3.92. The van der Waals surface area contributed by atoms with Crippen LogP contribution >= 0.6 is 11.3 Å². The van der Waals surface area contributed by atoms with E-state index in [1.54, 1.807) is 0 Å². The Bertz CT molecular complexity index is 454. The number of urea groups is 1. The van der Waals surface area contributed by atoms with Crippen LogP contribution in [-0.2, 0) is 6.42 Å². The number of hydrogen-bond donors (Lipinski definition) is 2. The van der Waals surface area contributed by atoms with Crippen molar-refractivity contribution in [1.29, 1.82) is 0 Å². The van der Waals surface area contributed by atoms with Gasteiger partial charge in [-0.1, -0.05) is 13.8 Å². The van der Waals surface area contributed by atoms with Crippen molar-refractivity contribution in [1.82, 2.24) is 14.8 Å². The number of hydrogen-bond acceptors (Lipinski definition) is 5. The number of nitrogens with one attached hydrogen (secondary N) is 1. The topological polar surface area (TPSA) is 68.7 Å². The molecule has 1 saturated heterocycles. The van der Waals surface area contributed by atoms with Gasteiger partial charge in [0.1, 0.15) is 0 Å². The summed E-state index contributed by atoms with van der Waals surface area (Å²) in [6, 6.07) is 0.130. The zero-order valence-corrected chi connectivity index (χ0v) is 13.5. The van der Waals surface area contributed by atoms with Crippen LogP contribution in [0.1, 0.15) is 25.1 Å². The minimum absolute atomic E-state index is 0.0799. The van der Waals surface area contributed by atoms with Crippen molar-refractivity contribution >= 4 is 22.5 Å². The summed E-state index contributed by atoms with van der Waals surface area (Å²) in [5.74, 6) is 0. The molecule has 0 unspecified atom stereocenters. The van der Waals surface area contributed by atoms with Crippen molar-refractivity contribution in [3.05, 3.63) is 11.1 Å². The van der Waals surface area contributed by atoms with Crippen LogP contribution in [0.15, 0.2) is 6.20 Å². The molecule has 2 N–H and O–H groups in total. The predicted molar refractivity (Wildman–Crippen MR) is 84.8 cm³/mol. The molecule has 0 spiro atoms. The lowest BCUT2D eigenvalue weighted by Crippen LogP contribution is -2.53. The highest BCUT2D eigenvalue weighted by Gasteiger charge is 2.25. The number of aliphatic hydroxyl groups excluding tert-OH is 1. The number of aryl methyl sites for hydroxylation is 1. The normalized spacial score (nSPS) is 17.8. The van der Waals surface area contributed by atoms with Crippen molar-refractivity contribution in [2.24, 2.45) is 0 Å². The number of rotatable bonds is 5. The van der Waals surface area contributed by atoms with Crippen molar-refractivity contribution < 1.29 is 9.90 Å². The van der Waals surface area contributed by atoms with Crippen LogP contribution in [0.25, 0.3) is 0 Å². The highest BCUT2D eigenvalue weighted by Crippen LogP contribution is 2.19. The Hall–Kier alpha value is -1.18. The van der Waals surface area contributed by atoms with Gasteiger partial charge in [0, 0.05) is 43.3 Å². The Morgan fingerprint density at radius 3 is 2.67 bits per heavy atom. The van der Waals surface area contributed by atoms with Crippen molar-refractivity contribution in [2.75, 3.05) is 38.1 Å². The lowest BCUT2D eigenvalue weighted by molar-refractivity contribution is 0.0766. The summed E-state index contributed by atoms with van der Waals surface area (Å²) in [6.45, 7) is 7.33. The maximum atomic E-state index is 12.2. The standard InChI is InChI=1S/C14H24N4O2S/c1-3-11(10-19)17-5-7-18(8-6-17)14(20)16-13-15-9-12(4-2)21-13/h9,11,19H,3-8,10H2,1-2H3,(H,15,16,20)/t11-/m0/s1. The van der Waals surface area contributed by atoms with Crippen LogP contribution in [0, 0.1) is 0 Å². The number of aliphatic hydroxyl groups is 1. The predicted octanol–water partition coefficient (Wildman–Crippen LogP) is 1.63. The first-order valence-corrected chi connectivity index (χ1v) is 8.35. The molecule has 1 aromatic heterocycles. The Morgan fingerprint density at radius 1 is 1.43 bits per heavy atom. The van der Waals surface area contributed by atoms with Gasteiger partial charge in [0.05, 0.1) is 6.61 Å². The molecule has 2 amide bonds. The van der Waals surface area contributed by atoms with Gasteiger partial charge in [-0.3, -0.25) is 10.2 Å². The van der Waals surface area contributed by atoms with Crippen LogP contribution in [0.5, 0.6) is 0 Å². The second-order valence-electron chi connectivity index (χ2n) is 5.18. The Kier molecular flexibility index (Phi) is 5.96. The molecule has 118 valence electrons. The monoisotopic (exact) mass is 312 g/mol. The maximum Gasteiger partial charge on any atom is 0.323 e. The quantitative estimate of drug-likeness (QED) is 0.867. The fourth-order valence-electron chi connectivity index (χ4n) is 2.49. The molecule has 0 aliphatic carbocycles. The highest BCUT2D eigenvalue weighted by atomic mass is 32.1. The second kappa shape index (κ2) is 7.72. The Labute approximate surface area is 129 Å². The molecule has 1 aliphatic rings. The molecule has 2 heterocycles. The number of carbonyl (C=O) groups is 1. The van der Waals surface area contributed by atoms with Gasteiger partial charge in [0.15, 0.2) is 5.13 Å². The summed E-state index contributed by atoms with van der Waals surface area (Å²) < 4.78 is 0. The second-order valence-corrected chi connectivity index (χ2v) is 6.30. The van der Waals surface area contributed by atoms with Gasteiger partial charge >= 0.3 is 6.03 Å². The van der Waals surface area contributed by atoms with E-state index in [2.05, 4.69) is 29.0 Å². The van der Waals surface area contributed by atoms with Gasteiger partial charge in [-0.25, -0.2) is 9.78 Å². The molecule has 0 saturated carbocycles. The van der Waals surface area contributed by atoms with Gasteiger partial charge in [0.25, 0.3) is 0 Å². The van der Waals surface area contributed by atoms with Crippen LogP contribution in [0.3, 0.4) is 0 Å². The van der Waals surface area contributed by atoms with Crippen LogP contribution in [0.4, 0.5) is 9.93 Å². The van der Waals surface area contributed by atoms with Gasteiger partial charge in [-0.05, 0) is 12.8 Å². The molecule has 2 rings (SSSR count). The largest absolute Gasteiger partial charge is 0.395 e. The zero-order chi connectivity index (χ0) is 15.2. The van der Waals surface area contributed by atoms with E-state index in [0.29, 0.717) is 18.2 Å². The van der Waals surface area contributed by atoms with E-state index in [0.717, 1.165) is 25.9 Å². The molecule has 0 radical (unpaired) electrons. The van der Waals surface area contributed by atoms with Crippen molar-refractivity contribution in [3.63, 3.8) is 0 Å². The highest BCUT2D eigenvalue weighted by molar-refractivity contribution is 7.15. The number of thiazole rings is 1. The van der Waals surface area contributed by atoms with Gasteiger partial charge in [-0.2, -0.15) is 0 Å². The molecule has 1 aromatic rings. The molecule has 21 heavy (non-hydrogen) atoms. The minimum atomic E-state index is -0.0799. The van der Waals surface area contributed by atoms with E-state index >= 15 is 0 Å². The number of anilines is 1. The molecule has 7 heteroatoms. The van der Waals surface area contributed by atoms with Crippen LogP contribution < -0.4 is 5.32 Å². The van der Waals surface area contributed by atoms with E-state index in [4.69, 9.17) is 0 Å². The van der Waals surface area contributed by atoms with Crippen LogP contribution in [0.2, 0.25) is 0 Å². The number of amides is 2. The molecule has 1 atom stereocenters. The molecule has 1 aliphatic heterocycles. The van der Waals surface area contributed by atoms with Gasteiger partial charge < -0.3 is 10.0 Å². The number of nitrogens with zero attached hydrogens (tertiary/aromatic N) is 3. The SMILES string of the molecule is CCc1cnc(NC(=O)N2CCN([C@@H](CC)CO)CC2)s1. The Morgan fingerprint density at radius 2 is 2.14 bits per heavy atom. The van der Waals surface area contributed by atoms with Gasteiger partial charge in [-0.15, -0.1) is 11.3 Å². The fourth-order valence-corrected chi connectivity index (χ4v) is 3.23. The first kappa shape index (κ1) is 16.2. The molecule has 0 bridgehead atoms. The van der Waals surface area contributed by atoms with E-state index in [1.165, 1.54) is 16.2 Å². The summed E-state index contributed by atoms with van der Waals surface area (Å²) >= 11 is 1.52. The average Bonchev–Trinajstić information content (AvgIpc) is 2.97. The minimum Gasteiger partial charge on any atom is -0.395 e. The van der Waals surface area contributed by atoms with E-state index in [1.807, 2.05) is 11.1 Å². The summed E-state index contributed by atoms with van der Waals surface area (Å²) in [5, 5.41) is 12.9. The third kappa shape index (κ3) is 4.15. The molecular weight excluding hydrogens is 288 g/mol. The van der Waals surface area contributed by atoms with E-state index in [9.17, 15) is 9.90 Å². The lowest BCUT2D eigenvalue weighted by Gasteiger charge is -2.38. The first-order valence-electron chi connectivity index (χ1n) is 7.53. The number of piperazine rings is 1. The van der Waals surface area contributed by atoms with Crippen molar-refractivity contribution in [2.45, 2.75) is 32.7 Å². The fraction of sp³-hybridized carbons (Fsp3) is 0.714. The van der Waals surface area contributed by atoms with Crippen LogP contribution in [-0.4, -0.2) is 64.7 Å². The lowest BCUT2D eigenvalue weighted by atomic mass is 10.2. The number of aromatic nitrogens is 1. The van der Waals surface area contributed by atoms with Gasteiger partial charge in [0.2, 0.25) is 0 Å². The first-order chi connectivity index (χ1) is 10.2. The average molecular weight is 312 g/mol. The van der Waals surface area contributed by atoms with E-state index in [-0.39, 0.29) is 18.7 Å².